The van der Waals surface area contributed by atoms with Crippen molar-refractivity contribution in [3.05, 3.63) is 34.8 Å². The van der Waals surface area contributed by atoms with Crippen LogP contribution in [0.2, 0.25) is 0 Å². The molecule has 1 aliphatic heterocycles. The minimum Gasteiger partial charge on any atom is -0.356 e. The Balaban J connectivity index is 1.77. The third-order valence-electron chi connectivity index (χ3n) is 4.38. The van der Waals surface area contributed by atoms with Gasteiger partial charge in [0.2, 0.25) is 0 Å². The van der Waals surface area contributed by atoms with Gasteiger partial charge < -0.3 is 9.80 Å². The molecule has 2 aromatic rings. The molecule has 1 atom stereocenters. The summed E-state index contributed by atoms with van der Waals surface area (Å²) in [6.07, 6.45) is 1.26. The largest absolute Gasteiger partial charge is 0.356 e. The Hall–Kier alpha value is -1.13. The number of anilines is 1. The van der Waals surface area contributed by atoms with Crippen molar-refractivity contribution in [2.45, 2.75) is 13.3 Å². The fourth-order valence-electron chi connectivity index (χ4n) is 3.04. The number of hydrogen-bond acceptors (Lipinski definition) is 3. The van der Waals surface area contributed by atoms with Crippen molar-refractivity contribution >= 4 is 32.7 Å². The molecule has 0 amide bonds. The quantitative estimate of drug-likeness (QED) is 0.838. The molecule has 1 aromatic carbocycles. The highest BCUT2D eigenvalue weighted by molar-refractivity contribution is 9.10. The van der Waals surface area contributed by atoms with E-state index in [1.165, 1.54) is 18.4 Å². The monoisotopic (exact) mass is 347 g/mol. The summed E-state index contributed by atoms with van der Waals surface area (Å²) in [5, 5.41) is 1.19. The molecule has 4 heteroatoms. The van der Waals surface area contributed by atoms with Crippen molar-refractivity contribution in [2.24, 2.45) is 5.92 Å². The smallest absolute Gasteiger partial charge is 0.129 e. The molecule has 2 heterocycles. The Morgan fingerprint density at radius 2 is 2.19 bits per heavy atom. The predicted octanol–water partition coefficient (Wildman–Crippen LogP) is 3.78. The van der Waals surface area contributed by atoms with Crippen molar-refractivity contribution in [3.8, 4) is 0 Å². The lowest BCUT2D eigenvalue weighted by molar-refractivity contribution is 0.300. The zero-order chi connectivity index (χ0) is 14.8. The molecule has 1 unspecified atom stereocenters. The lowest BCUT2D eigenvalue weighted by Gasteiger charge is -2.21. The fraction of sp³-hybridized carbons (Fsp3) is 0.471. The van der Waals surface area contributed by atoms with E-state index in [1.807, 2.05) is 0 Å². The summed E-state index contributed by atoms with van der Waals surface area (Å²) in [6.45, 7) is 6.76. The molecule has 112 valence electrons. The second kappa shape index (κ2) is 6.32. The first-order valence-corrected chi connectivity index (χ1v) is 8.45. The van der Waals surface area contributed by atoms with Gasteiger partial charge in [-0.15, -0.1) is 0 Å². The van der Waals surface area contributed by atoms with Crippen LogP contribution in [0, 0.1) is 5.92 Å². The van der Waals surface area contributed by atoms with Gasteiger partial charge >= 0.3 is 0 Å². The number of para-hydroxylation sites is 1. The Bertz CT molecular complexity index is 628. The second-order valence-corrected chi connectivity index (χ2v) is 6.79. The third-order valence-corrected chi connectivity index (χ3v) is 5.02. The average molecular weight is 348 g/mol. The molecule has 0 saturated carbocycles. The summed E-state index contributed by atoms with van der Waals surface area (Å²) < 4.78 is 1.07. The van der Waals surface area contributed by atoms with Gasteiger partial charge in [0, 0.05) is 29.5 Å². The maximum absolute atomic E-state index is 4.86. The zero-order valence-electron chi connectivity index (χ0n) is 12.7. The maximum atomic E-state index is 4.86. The van der Waals surface area contributed by atoms with Gasteiger partial charge in [0.15, 0.2) is 0 Å². The number of hydrogen-bond donors (Lipinski definition) is 0. The summed E-state index contributed by atoms with van der Waals surface area (Å²) >= 11 is 3.61. The van der Waals surface area contributed by atoms with Crippen LogP contribution < -0.4 is 4.90 Å². The number of rotatable bonds is 4. The molecule has 0 spiro atoms. The van der Waals surface area contributed by atoms with Gasteiger partial charge in [-0.3, -0.25) is 0 Å². The van der Waals surface area contributed by atoms with Gasteiger partial charge in [-0.25, -0.2) is 4.98 Å². The Morgan fingerprint density at radius 1 is 1.33 bits per heavy atom. The van der Waals surface area contributed by atoms with Gasteiger partial charge in [-0.2, -0.15) is 0 Å². The first-order chi connectivity index (χ1) is 10.2. The van der Waals surface area contributed by atoms with E-state index in [2.05, 4.69) is 70.0 Å². The molecule has 0 N–H and O–H groups in total. The highest BCUT2D eigenvalue weighted by Crippen LogP contribution is 2.27. The van der Waals surface area contributed by atoms with Gasteiger partial charge in [-0.05, 0) is 60.1 Å². The van der Waals surface area contributed by atoms with Crippen LogP contribution in [0.1, 0.15) is 13.3 Å². The molecular formula is C17H22BrN3. The summed E-state index contributed by atoms with van der Waals surface area (Å²) in [5.41, 5.74) is 1.06. The summed E-state index contributed by atoms with van der Waals surface area (Å²) in [5.74, 6) is 1.86. The molecule has 21 heavy (non-hydrogen) atoms. The van der Waals surface area contributed by atoms with E-state index in [0.29, 0.717) is 0 Å². The van der Waals surface area contributed by atoms with E-state index in [-0.39, 0.29) is 0 Å². The van der Waals surface area contributed by atoms with Gasteiger partial charge in [0.05, 0.1) is 5.52 Å². The van der Waals surface area contributed by atoms with Crippen molar-refractivity contribution < 1.29 is 0 Å². The number of fused-ring (bicyclic) bond motifs is 1. The van der Waals surface area contributed by atoms with Crippen molar-refractivity contribution in [2.75, 3.05) is 38.1 Å². The van der Waals surface area contributed by atoms with Crippen LogP contribution in [-0.4, -0.2) is 43.1 Å². The topological polar surface area (TPSA) is 19.4 Å². The maximum Gasteiger partial charge on any atom is 0.129 e. The zero-order valence-corrected chi connectivity index (χ0v) is 14.3. The number of halogens is 1. The van der Waals surface area contributed by atoms with E-state index in [4.69, 9.17) is 4.98 Å². The fourth-order valence-corrected chi connectivity index (χ4v) is 3.51. The summed E-state index contributed by atoms with van der Waals surface area (Å²) in [6, 6.07) is 10.6. The standard InChI is InChI=1S/C17H22BrN3/c1-3-20(2)11-13-9-10-21(12-13)16-8-7-14-5-4-6-15(18)17(14)19-16/h4-8,13H,3,9-12H2,1-2H3. The number of pyridine rings is 1. The highest BCUT2D eigenvalue weighted by atomic mass is 79.9. The normalized spacial score (nSPS) is 18.9. The van der Waals surface area contributed by atoms with Crippen LogP contribution >= 0.6 is 15.9 Å². The Kier molecular flexibility index (Phi) is 4.45. The van der Waals surface area contributed by atoms with E-state index < -0.39 is 0 Å². The van der Waals surface area contributed by atoms with Crippen LogP contribution in [0.4, 0.5) is 5.82 Å². The molecule has 0 aliphatic carbocycles. The Morgan fingerprint density at radius 3 is 3.00 bits per heavy atom. The van der Waals surface area contributed by atoms with E-state index >= 15 is 0 Å². The van der Waals surface area contributed by atoms with Crippen LogP contribution in [0.25, 0.3) is 10.9 Å². The molecule has 1 aliphatic rings. The lowest BCUT2D eigenvalue weighted by atomic mass is 10.1. The van der Waals surface area contributed by atoms with Crippen molar-refractivity contribution in [1.82, 2.24) is 9.88 Å². The van der Waals surface area contributed by atoms with E-state index in [1.54, 1.807) is 0 Å². The highest BCUT2D eigenvalue weighted by Gasteiger charge is 2.24. The first-order valence-electron chi connectivity index (χ1n) is 7.66. The summed E-state index contributed by atoms with van der Waals surface area (Å²) in [7, 11) is 2.20. The lowest BCUT2D eigenvalue weighted by Crippen LogP contribution is -2.28. The number of nitrogens with zero attached hydrogens (tertiary/aromatic N) is 3. The molecule has 1 fully saturated rings. The van der Waals surface area contributed by atoms with E-state index in [0.717, 1.165) is 41.4 Å². The van der Waals surface area contributed by atoms with Crippen molar-refractivity contribution in [1.29, 1.82) is 0 Å². The van der Waals surface area contributed by atoms with Gasteiger partial charge in [0.1, 0.15) is 5.82 Å². The van der Waals surface area contributed by atoms with Crippen LogP contribution in [0.3, 0.4) is 0 Å². The summed E-state index contributed by atoms with van der Waals surface area (Å²) in [4.78, 5) is 9.68. The van der Waals surface area contributed by atoms with Gasteiger partial charge in [0.25, 0.3) is 0 Å². The molecule has 0 radical (unpaired) electrons. The second-order valence-electron chi connectivity index (χ2n) is 5.94. The first kappa shape index (κ1) is 14.8. The minimum absolute atomic E-state index is 0.756. The van der Waals surface area contributed by atoms with Crippen LogP contribution in [0.5, 0.6) is 0 Å². The molecular weight excluding hydrogens is 326 g/mol. The number of aromatic nitrogens is 1. The molecule has 3 rings (SSSR count). The number of benzene rings is 1. The minimum atomic E-state index is 0.756. The van der Waals surface area contributed by atoms with Gasteiger partial charge in [-0.1, -0.05) is 19.1 Å². The van der Waals surface area contributed by atoms with E-state index in [9.17, 15) is 0 Å². The molecule has 1 aromatic heterocycles. The predicted molar refractivity (Wildman–Crippen MR) is 92.9 cm³/mol. The van der Waals surface area contributed by atoms with Crippen LogP contribution in [-0.2, 0) is 0 Å². The van der Waals surface area contributed by atoms with Crippen LogP contribution in [0.15, 0.2) is 34.8 Å². The molecule has 1 saturated heterocycles. The third kappa shape index (κ3) is 3.22. The molecule has 3 nitrogen and oxygen atoms in total. The average Bonchev–Trinajstić information content (AvgIpc) is 2.95. The van der Waals surface area contributed by atoms with Crippen molar-refractivity contribution in [3.63, 3.8) is 0 Å². The molecule has 0 bridgehead atoms. The SMILES string of the molecule is CCN(C)CC1CCN(c2ccc3cccc(Br)c3n2)C1. The Labute approximate surface area is 135 Å².